The van der Waals surface area contributed by atoms with E-state index in [1.807, 2.05) is 24.3 Å². The van der Waals surface area contributed by atoms with Gasteiger partial charge in [-0.25, -0.2) is 9.97 Å². The lowest BCUT2D eigenvalue weighted by Crippen LogP contribution is -2.24. The number of aromatic nitrogens is 4. The molecule has 0 aliphatic heterocycles. The summed E-state index contributed by atoms with van der Waals surface area (Å²) >= 11 is 0. The summed E-state index contributed by atoms with van der Waals surface area (Å²) in [6.07, 6.45) is 8.26. The Balaban J connectivity index is 1.59. The molecular weight excluding hydrogens is 304 g/mol. The van der Waals surface area contributed by atoms with Gasteiger partial charge >= 0.3 is 0 Å². The van der Waals surface area contributed by atoms with E-state index in [0.717, 1.165) is 11.1 Å². The Kier molecular flexibility index (Phi) is 5.03. The topological polar surface area (TPSA) is 92.7 Å². The first-order valence-corrected chi connectivity index (χ1v) is 7.43. The maximum absolute atomic E-state index is 12.2. The molecule has 0 atom stereocenters. The summed E-state index contributed by atoms with van der Waals surface area (Å²) in [5, 5.41) is 5.96. The third kappa shape index (κ3) is 4.33. The number of anilines is 1. The van der Waals surface area contributed by atoms with Crippen molar-refractivity contribution in [2.24, 2.45) is 0 Å². The minimum absolute atomic E-state index is 0.259. The van der Waals surface area contributed by atoms with Crippen LogP contribution in [-0.2, 0) is 13.1 Å². The summed E-state index contributed by atoms with van der Waals surface area (Å²) in [7, 11) is 0. The minimum Gasteiger partial charge on any atom is -0.366 e. The fourth-order valence-corrected chi connectivity index (χ4v) is 2.05. The first kappa shape index (κ1) is 15.5. The molecule has 0 fully saturated rings. The molecular formula is C17H16N6O. The Morgan fingerprint density at radius 2 is 1.67 bits per heavy atom. The number of hydrogen-bond acceptors (Lipinski definition) is 6. The lowest BCUT2D eigenvalue weighted by Gasteiger charge is -2.07. The Bertz CT molecular complexity index is 794. The molecule has 0 aromatic carbocycles. The normalized spacial score (nSPS) is 10.2. The van der Waals surface area contributed by atoms with Gasteiger partial charge in [0.2, 0.25) is 0 Å². The van der Waals surface area contributed by atoms with Crippen molar-refractivity contribution >= 4 is 11.7 Å². The molecule has 3 heterocycles. The number of hydrogen-bond donors (Lipinski definition) is 2. The molecule has 0 spiro atoms. The van der Waals surface area contributed by atoms with Crippen molar-refractivity contribution in [2.75, 3.05) is 5.32 Å². The van der Waals surface area contributed by atoms with Gasteiger partial charge in [0.1, 0.15) is 17.8 Å². The predicted octanol–water partition coefficient (Wildman–Crippen LogP) is 1.81. The Labute approximate surface area is 139 Å². The number of amides is 1. The summed E-state index contributed by atoms with van der Waals surface area (Å²) in [4.78, 5) is 28.4. The molecule has 7 nitrogen and oxygen atoms in total. The minimum atomic E-state index is -0.259. The molecule has 3 aromatic rings. The van der Waals surface area contributed by atoms with Crippen LogP contribution in [0.2, 0.25) is 0 Å². The summed E-state index contributed by atoms with van der Waals surface area (Å²) in [6, 6.07) is 9.17. The second-order valence-corrected chi connectivity index (χ2v) is 5.05. The highest BCUT2D eigenvalue weighted by Gasteiger charge is 2.08. The van der Waals surface area contributed by atoms with Crippen LogP contribution in [0.5, 0.6) is 0 Å². The van der Waals surface area contributed by atoms with Gasteiger partial charge in [0, 0.05) is 43.9 Å². The molecule has 120 valence electrons. The zero-order valence-electron chi connectivity index (χ0n) is 12.9. The van der Waals surface area contributed by atoms with Gasteiger partial charge in [-0.3, -0.25) is 14.8 Å². The van der Waals surface area contributed by atoms with Gasteiger partial charge in [-0.1, -0.05) is 12.1 Å². The van der Waals surface area contributed by atoms with Crippen LogP contribution in [0.25, 0.3) is 0 Å². The van der Waals surface area contributed by atoms with Gasteiger partial charge in [-0.05, 0) is 23.3 Å². The monoisotopic (exact) mass is 320 g/mol. The van der Waals surface area contributed by atoms with Crippen LogP contribution in [0.3, 0.4) is 0 Å². The molecule has 0 saturated heterocycles. The van der Waals surface area contributed by atoms with Crippen molar-refractivity contribution in [3.63, 3.8) is 0 Å². The van der Waals surface area contributed by atoms with E-state index in [2.05, 4.69) is 30.6 Å². The third-order valence-corrected chi connectivity index (χ3v) is 3.27. The fraction of sp³-hybridized carbons (Fsp3) is 0.118. The van der Waals surface area contributed by atoms with E-state index in [4.69, 9.17) is 0 Å². The first-order valence-electron chi connectivity index (χ1n) is 7.43. The van der Waals surface area contributed by atoms with Crippen molar-refractivity contribution in [1.82, 2.24) is 25.3 Å². The number of pyridine rings is 2. The molecule has 0 aliphatic rings. The molecule has 3 rings (SSSR count). The smallest absolute Gasteiger partial charge is 0.270 e. The van der Waals surface area contributed by atoms with Gasteiger partial charge in [0.25, 0.3) is 5.91 Å². The van der Waals surface area contributed by atoms with Crippen LogP contribution >= 0.6 is 0 Å². The van der Waals surface area contributed by atoms with Crippen LogP contribution < -0.4 is 10.6 Å². The standard InChI is InChI=1S/C17H16N6O/c24-17(21-11-14-4-2-6-19-9-14)15-7-16(23-12-22-15)20-10-13-3-1-5-18-8-13/h1-9,12H,10-11H2,(H,21,24)(H,20,22,23). The maximum Gasteiger partial charge on any atom is 0.270 e. The van der Waals surface area contributed by atoms with Crippen molar-refractivity contribution in [1.29, 1.82) is 0 Å². The van der Waals surface area contributed by atoms with Crippen LogP contribution in [-0.4, -0.2) is 25.8 Å². The molecule has 24 heavy (non-hydrogen) atoms. The molecule has 0 saturated carbocycles. The van der Waals surface area contributed by atoms with Crippen molar-refractivity contribution in [3.05, 3.63) is 78.3 Å². The number of nitrogens with one attached hydrogen (secondary N) is 2. The van der Waals surface area contributed by atoms with Gasteiger partial charge < -0.3 is 10.6 Å². The highest BCUT2D eigenvalue weighted by atomic mass is 16.1. The summed E-state index contributed by atoms with van der Waals surface area (Å²) in [5.41, 5.74) is 2.26. The van der Waals surface area contributed by atoms with E-state index < -0.39 is 0 Å². The quantitative estimate of drug-likeness (QED) is 0.719. The Morgan fingerprint density at radius 3 is 2.33 bits per heavy atom. The first-order chi connectivity index (χ1) is 11.8. The molecule has 1 amide bonds. The molecule has 3 aromatic heterocycles. The van der Waals surface area contributed by atoms with Crippen LogP contribution in [0.15, 0.2) is 61.4 Å². The zero-order chi connectivity index (χ0) is 16.6. The average molecular weight is 320 g/mol. The van der Waals surface area contributed by atoms with E-state index in [9.17, 15) is 4.79 Å². The molecule has 0 radical (unpaired) electrons. The largest absolute Gasteiger partial charge is 0.366 e. The fourth-order valence-electron chi connectivity index (χ4n) is 2.05. The molecule has 0 bridgehead atoms. The number of carbonyl (C=O) groups excluding carboxylic acids is 1. The zero-order valence-corrected chi connectivity index (χ0v) is 12.9. The summed E-state index contributed by atoms with van der Waals surface area (Å²) < 4.78 is 0. The van der Waals surface area contributed by atoms with Crippen LogP contribution in [0, 0.1) is 0 Å². The van der Waals surface area contributed by atoms with E-state index in [0.29, 0.717) is 24.6 Å². The molecule has 0 aliphatic carbocycles. The van der Waals surface area contributed by atoms with E-state index >= 15 is 0 Å². The van der Waals surface area contributed by atoms with E-state index in [1.54, 1.807) is 30.9 Å². The van der Waals surface area contributed by atoms with Crippen LogP contribution in [0.4, 0.5) is 5.82 Å². The van der Waals surface area contributed by atoms with Crippen molar-refractivity contribution in [3.8, 4) is 0 Å². The molecule has 7 heteroatoms. The lowest BCUT2D eigenvalue weighted by atomic mass is 10.2. The number of carbonyl (C=O) groups is 1. The second-order valence-electron chi connectivity index (χ2n) is 5.05. The SMILES string of the molecule is O=C(NCc1cccnc1)c1cc(NCc2cccnc2)ncn1. The average Bonchev–Trinajstić information content (AvgIpc) is 2.66. The van der Waals surface area contributed by atoms with E-state index in [-0.39, 0.29) is 5.91 Å². The number of rotatable bonds is 6. The van der Waals surface area contributed by atoms with Crippen molar-refractivity contribution in [2.45, 2.75) is 13.1 Å². The highest BCUT2D eigenvalue weighted by Crippen LogP contribution is 2.07. The van der Waals surface area contributed by atoms with E-state index in [1.165, 1.54) is 6.33 Å². The van der Waals surface area contributed by atoms with Crippen molar-refractivity contribution < 1.29 is 4.79 Å². The van der Waals surface area contributed by atoms with Gasteiger partial charge in [-0.2, -0.15) is 0 Å². The lowest BCUT2D eigenvalue weighted by molar-refractivity contribution is 0.0945. The Hall–Kier alpha value is -3.35. The third-order valence-electron chi connectivity index (χ3n) is 3.27. The second kappa shape index (κ2) is 7.77. The molecule has 0 unspecified atom stereocenters. The Morgan fingerprint density at radius 1 is 0.958 bits per heavy atom. The van der Waals surface area contributed by atoms with Gasteiger partial charge in [0.05, 0.1) is 0 Å². The number of nitrogens with zero attached hydrogens (tertiary/aromatic N) is 4. The maximum atomic E-state index is 12.2. The summed E-state index contributed by atoms with van der Waals surface area (Å²) in [6.45, 7) is 0.969. The van der Waals surface area contributed by atoms with Gasteiger partial charge in [0.15, 0.2) is 0 Å². The van der Waals surface area contributed by atoms with Gasteiger partial charge in [-0.15, -0.1) is 0 Å². The van der Waals surface area contributed by atoms with Crippen LogP contribution in [0.1, 0.15) is 21.6 Å². The predicted molar refractivity (Wildman–Crippen MR) is 89.0 cm³/mol. The summed E-state index contributed by atoms with van der Waals surface area (Å²) in [5.74, 6) is 0.325. The highest BCUT2D eigenvalue weighted by molar-refractivity contribution is 5.92. The molecule has 2 N–H and O–H groups in total.